The van der Waals surface area contributed by atoms with Crippen molar-refractivity contribution >= 4 is 24.0 Å². The molecule has 76 valence electrons. The third-order valence-corrected chi connectivity index (χ3v) is 2.89. The highest BCUT2D eigenvalue weighted by molar-refractivity contribution is 7.80. The lowest BCUT2D eigenvalue weighted by molar-refractivity contribution is 0.711. The fourth-order valence-corrected chi connectivity index (χ4v) is 2.29. The van der Waals surface area contributed by atoms with Crippen molar-refractivity contribution in [3.8, 4) is 0 Å². The number of aryl methyl sites for hydroxylation is 1. The van der Waals surface area contributed by atoms with E-state index in [1.165, 1.54) is 17.7 Å². The molecule has 1 aliphatic heterocycles. The molecule has 2 nitrogen and oxygen atoms in total. The van der Waals surface area contributed by atoms with Crippen molar-refractivity contribution in [1.29, 1.82) is 0 Å². The summed E-state index contributed by atoms with van der Waals surface area (Å²) in [6, 6.07) is 6.21. The molecule has 0 aromatic heterocycles. The maximum atomic E-state index is 5.77. The highest BCUT2D eigenvalue weighted by Crippen LogP contribution is 2.28. The molecule has 2 rings (SSSR count). The number of hydrogen-bond donors (Lipinski definition) is 2. The normalized spacial score (nSPS) is 15.4. The number of anilines is 2. The molecule has 0 atom stereocenters. The summed E-state index contributed by atoms with van der Waals surface area (Å²) in [7, 11) is 0. The zero-order valence-corrected chi connectivity index (χ0v) is 9.13. The molecule has 2 N–H and O–H groups in total. The third-order valence-electron chi connectivity index (χ3n) is 2.69. The second-order valence-electron chi connectivity index (χ2n) is 3.70. The summed E-state index contributed by atoms with van der Waals surface area (Å²) in [6.07, 6.45) is 2.38. The molecule has 1 aromatic carbocycles. The zero-order valence-electron chi connectivity index (χ0n) is 8.24. The van der Waals surface area contributed by atoms with Gasteiger partial charge in [-0.1, -0.05) is 0 Å². The van der Waals surface area contributed by atoms with Crippen molar-refractivity contribution in [1.82, 2.24) is 0 Å². The van der Waals surface area contributed by atoms with E-state index in [4.69, 9.17) is 5.73 Å². The molecule has 0 saturated carbocycles. The number of fused-ring (bicyclic) bond motifs is 1. The van der Waals surface area contributed by atoms with Gasteiger partial charge in [0, 0.05) is 30.2 Å². The van der Waals surface area contributed by atoms with Crippen LogP contribution in [0.4, 0.5) is 11.4 Å². The first kappa shape index (κ1) is 9.71. The molecule has 0 spiro atoms. The molecule has 0 radical (unpaired) electrons. The minimum Gasteiger partial charge on any atom is -0.399 e. The minimum absolute atomic E-state index is 0.872. The number of nitrogen functional groups attached to an aromatic ring is 1. The van der Waals surface area contributed by atoms with Gasteiger partial charge in [0.25, 0.3) is 0 Å². The van der Waals surface area contributed by atoms with Gasteiger partial charge in [-0.05, 0) is 36.6 Å². The van der Waals surface area contributed by atoms with Crippen LogP contribution in [0, 0.1) is 0 Å². The molecule has 0 bridgehead atoms. The van der Waals surface area contributed by atoms with Gasteiger partial charge >= 0.3 is 0 Å². The monoisotopic (exact) mass is 208 g/mol. The van der Waals surface area contributed by atoms with E-state index in [0.717, 1.165) is 31.0 Å². The van der Waals surface area contributed by atoms with Crippen molar-refractivity contribution in [2.75, 3.05) is 29.5 Å². The lowest BCUT2D eigenvalue weighted by atomic mass is 10.0. The van der Waals surface area contributed by atoms with Gasteiger partial charge in [0.05, 0.1) is 0 Å². The van der Waals surface area contributed by atoms with Gasteiger partial charge in [-0.15, -0.1) is 0 Å². The van der Waals surface area contributed by atoms with E-state index in [2.05, 4.69) is 29.7 Å². The molecule has 1 aromatic rings. The standard InChI is InChI=1S/C11H16N2S/c12-10-3-4-11-9(8-10)2-1-5-13(11)6-7-14/h3-4,8,14H,1-2,5-7,12H2. The molecule has 14 heavy (non-hydrogen) atoms. The van der Waals surface area contributed by atoms with Crippen LogP contribution in [-0.4, -0.2) is 18.8 Å². The third kappa shape index (κ3) is 1.82. The summed E-state index contributed by atoms with van der Waals surface area (Å²) in [6.45, 7) is 2.18. The molecule has 3 heteroatoms. The van der Waals surface area contributed by atoms with Crippen LogP contribution in [0.1, 0.15) is 12.0 Å². The largest absolute Gasteiger partial charge is 0.399 e. The van der Waals surface area contributed by atoms with Gasteiger partial charge in [0.2, 0.25) is 0 Å². The van der Waals surface area contributed by atoms with E-state index in [1.807, 2.05) is 6.07 Å². The van der Waals surface area contributed by atoms with Gasteiger partial charge in [-0.2, -0.15) is 12.6 Å². The molecule has 0 amide bonds. The molecule has 0 fully saturated rings. The van der Waals surface area contributed by atoms with Gasteiger partial charge in [0.15, 0.2) is 0 Å². The highest BCUT2D eigenvalue weighted by Gasteiger charge is 2.15. The van der Waals surface area contributed by atoms with Gasteiger partial charge in [-0.25, -0.2) is 0 Å². The second-order valence-corrected chi connectivity index (χ2v) is 4.15. The molecular weight excluding hydrogens is 192 g/mol. The summed E-state index contributed by atoms with van der Waals surface area (Å²) in [5.74, 6) is 0.907. The Morgan fingerprint density at radius 2 is 2.29 bits per heavy atom. The summed E-state index contributed by atoms with van der Waals surface area (Å²) in [5, 5.41) is 0. The lowest BCUT2D eigenvalue weighted by Gasteiger charge is -2.31. The topological polar surface area (TPSA) is 29.3 Å². The van der Waals surface area contributed by atoms with Crippen LogP contribution < -0.4 is 10.6 Å². The van der Waals surface area contributed by atoms with Crippen LogP contribution in [0.2, 0.25) is 0 Å². The average molecular weight is 208 g/mol. The van der Waals surface area contributed by atoms with Crippen LogP contribution in [0.5, 0.6) is 0 Å². The fraction of sp³-hybridized carbons (Fsp3) is 0.455. The molecule has 1 heterocycles. The summed E-state index contributed by atoms with van der Waals surface area (Å²) in [5.41, 5.74) is 9.37. The molecular formula is C11H16N2S. The summed E-state index contributed by atoms with van der Waals surface area (Å²) >= 11 is 4.28. The van der Waals surface area contributed by atoms with E-state index in [9.17, 15) is 0 Å². The molecule has 0 saturated heterocycles. The van der Waals surface area contributed by atoms with E-state index in [-0.39, 0.29) is 0 Å². The van der Waals surface area contributed by atoms with Crippen LogP contribution in [0.25, 0.3) is 0 Å². The van der Waals surface area contributed by atoms with Crippen molar-refractivity contribution in [3.05, 3.63) is 23.8 Å². The number of hydrogen-bond acceptors (Lipinski definition) is 3. The quantitative estimate of drug-likeness (QED) is 0.574. The molecule has 1 aliphatic rings. The van der Waals surface area contributed by atoms with Crippen LogP contribution in [0.3, 0.4) is 0 Å². The Morgan fingerprint density at radius 3 is 3.07 bits per heavy atom. The van der Waals surface area contributed by atoms with Crippen LogP contribution in [-0.2, 0) is 6.42 Å². The number of benzene rings is 1. The Morgan fingerprint density at radius 1 is 1.43 bits per heavy atom. The predicted octanol–water partition coefficient (Wildman–Crippen LogP) is 1.95. The second kappa shape index (κ2) is 4.13. The molecule has 0 aliphatic carbocycles. The van der Waals surface area contributed by atoms with Gasteiger partial charge in [-0.3, -0.25) is 0 Å². The molecule has 0 unspecified atom stereocenters. The number of rotatable bonds is 2. The predicted molar refractivity (Wildman–Crippen MR) is 65.2 cm³/mol. The van der Waals surface area contributed by atoms with Crippen molar-refractivity contribution in [2.45, 2.75) is 12.8 Å². The van der Waals surface area contributed by atoms with E-state index >= 15 is 0 Å². The summed E-state index contributed by atoms with van der Waals surface area (Å²) in [4.78, 5) is 2.39. The van der Waals surface area contributed by atoms with E-state index in [1.54, 1.807) is 0 Å². The first-order valence-corrected chi connectivity index (χ1v) is 5.69. The SMILES string of the molecule is Nc1ccc2c(c1)CCCN2CCS. The van der Waals surface area contributed by atoms with Crippen LogP contribution >= 0.6 is 12.6 Å². The number of nitrogens with two attached hydrogens (primary N) is 1. The van der Waals surface area contributed by atoms with E-state index in [0.29, 0.717) is 0 Å². The Hall–Kier alpha value is -0.830. The Kier molecular flexibility index (Phi) is 2.87. The van der Waals surface area contributed by atoms with Crippen molar-refractivity contribution in [3.63, 3.8) is 0 Å². The fourth-order valence-electron chi connectivity index (χ4n) is 2.05. The Bertz CT molecular complexity index is 325. The maximum absolute atomic E-state index is 5.77. The maximum Gasteiger partial charge on any atom is 0.0400 e. The van der Waals surface area contributed by atoms with Crippen molar-refractivity contribution in [2.24, 2.45) is 0 Å². The Balaban J connectivity index is 2.30. The average Bonchev–Trinajstić information content (AvgIpc) is 2.18. The van der Waals surface area contributed by atoms with E-state index < -0.39 is 0 Å². The zero-order chi connectivity index (χ0) is 9.97. The first-order valence-electron chi connectivity index (χ1n) is 5.05. The first-order chi connectivity index (χ1) is 6.81. The smallest absolute Gasteiger partial charge is 0.0400 e. The van der Waals surface area contributed by atoms with Gasteiger partial charge in [0.1, 0.15) is 0 Å². The highest BCUT2D eigenvalue weighted by atomic mass is 32.1. The minimum atomic E-state index is 0.872. The summed E-state index contributed by atoms with van der Waals surface area (Å²) < 4.78 is 0. The number of thiol groups is 1. The van der Waals surface area contributed by atoms with Crippen molar-refractivity contribution < 1.29 is 0 Å². The lowest BCUT2D eigenvalue weighted by Crippen LogP contribution is -2.31. The number of nitrogens with zero attached hydrogens (tertiary/aromatic N) is 1. The van der Waals surface area contributed by atoms with Crippen LogP contribution in [0.15, 0.2) is 18.2 Å². The van der Waals surface area contributed by atoms with Gasteiger partial charge < -0.3 is 10.6 Å². The Labute approximate surface area is 90.5 Å².